The zero-order valence-corrected chi connectivity index (χ0v) is 18.8. The fourth-order valence-corrected chi connectivity index (χ4v) is 3.77. The first kappa shape index (κ1) is 22.8. The number of halogens is 1. The number of ether oxygens (including phenoxy) is 1. The second-order valence-electron chi connectivity index (χ2n) is 7.01. The summed E-state index contributed by atoms with van der Waals surface area (Å²) in [6.45, 7) is 6.77. The van der Waals surface area contributed by atoms with E-state index in [0.717, 1.165) is 12.2 Å². The predicted molar refractivity (Wildman–Crippen MR) is 128 cm³/mol. The molecule has 1 saturated heterocycles. The summed E-state index contributed by atoms with van der Waals surface area (Å²) >= 11 is 11.5. The van der Waals surface area contributed by atoms with Crippen molar-refractivity contribution in [1.29, 1.82) is 0 Å². The number of carbonyl (C=O) groups is 2. The monoisotopic (exact) mass is 457 g/mol. The lowest BCUT2D eigenvalue weighted by atomic mass is 10.1. The number of amides is 2. The van der Waals surface area contributed by atoms with E-state index in [4.69, 9.17) is 28.6 Å². The number of hydrogen-bond acceptors (Lipinski definition) is 4. The van der Waals surface area contributed by atoms with E-state index in [-0.39, 0.29) is 18.2 Å². The van der Waals surface area contributed by atoms with Gasteiger partial charge in [0.25, 0.3) is 5.91 Å². The van der Waals surface area contributed by atoms with Crippen LogP contribution in [0, 0.1) is 0 Å². The van der Waals surface area contributed by atoms with Gasteiger partial charge in [-0.1, -0.05) is 24.6 Å². The molecule has 8 heteroatoms. The molecule has 3 rings (SSSR count). The summed E-state index contributed by atoms with van der Waals surface area (Å²) in [7, 11) is 0. The van der Waals surface area contributed by atoms with Crippen LogP contribution in [-0.2, 0) is 9.59 Å². The highest BCUT2D eigenvalue weighted by atomic mass is 35.5. The van der Waals surface area contributed by atoms with Crippen molar-refractivity contribution in [1.82, 2.24) is 4.90 Å². The zero-order chi connectivity index (χ0) is 22.4. The van der Waals surface area contributed by atoms with Gasteiger partial charge in [-0.15, -0.1) is 6.58 Å². The SMILES string of the molecule is C=CCN1C(=S)N(c2ccc(Cl)cc2)C(=O)C1CC(=O)Nc1ccc(OCCC)cc1. The normalized spacial score (nSPS) is 15.9. The summed E-state index contributed by atoms with van der Waals surface area (Å²) < 4.78 is 5.55. The summed E-state index contributed by atoms with van der Waals surface area (Å²) in [4.78, 5) is 29.0. The van der Waals surface area contributed by atoms with Gasteiger partial charge in [0, 0.05) is 17.3 Å². The fraction of sp³-hybridized carbons (Fsp3) is 0.261. The van der Waals surface area contributed by atoms with Gasteiger partial charge in [-0.2, -0.15) is 0 Å². The molecule has 2 aromatic rings. The van der Waals surface area contributed by atoms with E-state index in [2.05, 4.69) is 11.9 Å². The highest BCUT2D eigenvalue weighted by Crippen LogP contribution is 2.28. The first-order valence-corrected chi connectivity index (χ1v) is 10.8. The van der Waals surface area contributed by atoms with Crippen molar-refractivity contribution in [3.63, 3.8) is 0 Å². The number of benzene rings is 2. The van der Waals surface area contributed by atoms with Gasteiger partial charge >= 0.3 is 0 Å². The van der Waals surface area contributed by atoms with Crippen molar-refractivity contribution in [3.05, 3.63) is 66.2 Å². The molecular formula is C23H24ClN3O3S. The minimum absolute atomic E-state index is 0.0367. The number of hydrogen-bond donors (Lipinski definition) is 1. The Kier molecular flexibility index (Phi) is 7.65. The molecule has 0 aromatic heterocycles. The third kappa shape index (κ3) is 5.42. The van der Waals surface area contributed by atoms with E-state index in [1.807, 2.05) is 6.92 Å². The molecule has 1 heterocycles. The summed E-state index contributed by atoms with van der Waals surface area (Å²) in [5, 5.41) is 3.73. The maximum Gasteiger partial charge on any atom is 0.256 e. The van der Waals surface area contributed by atoms with E-state index in [1.54, 1.807) is 59.5 Å². The van der Waals surface area contributed by atoms with Gasteiger partial charge in [0.1, 0.15) is 11.8 Å². The largest absolute Gasteiger partial charge is 0.494 e. The highest BCUT2D eigenvalue weighted by molar-refractivity contribution is 7.80. The van der Waals surface area contributed by atoms with Crippen molar-refractivity contribution >= 4 is 52.1 Å². The highest BCUT2D eigenvalue weighted by Gasteiger charge is 2.43. The molecule has 0 saturated carbocycles. The Morgan fingerprint density at radius 1 is 1.23 bits per heavy atom. The van der Waals surface area contributed by atoms with E-state index in [1.165, 1.54) is 4.90 Å². The summed E-state index contributed by atoms with van der Waals surface area (Å²) in [5.74, 6) is 0.204. The van der Waals surface area contributed by atoms with Gasteiger partial charge in [-0.3, -0.25) is 14.5 Å². The van der Waals surface area contributed by atoms with Crippen LogP contribution in [0.15, 0.2) is 61.2 Å². The summed E-state index contributed by atoms with van der Waals surface area (Å²) in [6.07, 6.45) is 2.54. The van der Waals surface area contributed by atoms with E-state index in [0.29, 0.717) is 34.7 Å². The quantitative estimate of drug-likeness (QED) is 0.439. The summed E-state index contributed by atoms with van der Waals surface area (Å²) in [5.41, 5.74) is 1.24. The van der Waals surface area contributed by atoms with Gasteiger partial charge in [-0.25, -0.2) is 0 Å². The van der Waals surface area contributed by atoms with Crippen molar-refractivity contribution in [2.24, 2.45) is 0 Å². The molecule has 2 amide bonds. The van der Waals surface area contributed by atoms with Gasteiger partial charge in [0.2, 0.25) is 5.91 Å². The second-order valence-corrected chi connectivity index (χ2v) is 7.82. The van der Waals surface area contributed by atoms with Gasteiger partial charge in [0.15, 0.2) is 5.11 Å². The molecule has 1 atom stereocenters. The molecule has 1 fully saturated rings. The smallest absolute Gasteiger partial charge is 0.256 e. The predicted octanol–water partition coefficient (Wildman–Crippen LogP) is 4.65. The fourth-order valence-electron chi connectivity index (χ4n) is 3.25. The maximum atomic E-state index is 13.2. The van der Waals surface area contributed by atoms with Gasteiger partial charge < -0.3 is 15.0 Å². The Bertz CT molecular complexity index is 963. The molecule has 2 aromatic carbocycles. The molecule has 162 valence electrons. The average molecular weight is 458 g/mol. The van der Waals surface area contributed by atoms with Crippen LogP contribution in [0.2, 0.25) is 5.02 Å². The topological polar surface area (TPSA) is 61.9 Å². The van der Waals surface area contributed by atoms with Crippen LogP contribution in [-0.4, -0.2) is 41.0 Å². The van der Waals surface area contributed by atoms with Crippen molar-refractivity contribution in [2.75, 3.05) is 23.4 Å². The van der Waals surface area contributed by atoms with Crippen molar-refractivity contribution in [3.8, 4) is 5.75 Å². The minimum Gasteiger partial charge on any atom is -0.494 e. The summed E-state index contributed by atoms with van der Waals surface area (Å²) in [6, 6.07) is 13.3. The van der Waals surface area contributed by atoms with Crippen molar-refractivity contribution < 1.29 is 14.3 Å². The van der Waals surface area contributed by atoms with Crippen LogP contribution in [0.25, 0.3) is 0 Å². The molecular weight excluding hydrogens is 434 g/mol. The Hall–Kier alpha value is -2.90. The minimum atomic E-state index is -0.715. The molecule has 6 nitrogen and oxygen atoms in total. The average Bonchev–Trinajstić information content (AvgIpc) is 2.98. The standard InChI is InChI=1S/C23H24ClN3O3S/c1-3-13-26-20(22(29)27(23(26)31)18-9-5-16(24)6-10-18)15-21(28)25-17-7-11-19(12-8-17)30-14-4-2/h3,5-12,20H,1,4,13-15H2,2H3,(H,25,28). The van der Waals surface area contributed by atoms with Gasteiger partial charge in [-0.05, 0) is 67.2 Å². The first-order valence-electron chi connectivity index (χ1n) is 9.98. The van der Waals surface area contributed by atoms with Crippen LogP contribution in [0.1, 0.15) is 19.8 Å². The third-order valence-electron chi connectivity index (χ3n) is 4.72. The Balaban J connectivity index is 1.71. The van der Waals surface area contributed by atoms with E-state index < -0.39 is 6.04 Å². The Morgan fingerprint density at radius 3 is 2.52 bits per heavy atom. The van der Waals surface area contributed by atoms with Gasteiger partial charge in [0.05, 0.1) is 18.7 Å². The lowest BCUT2D eigenvalue weighted by Crippen LogP contribution is -2.37. The maximum absolute atomic E-state index is 13.2. The molecule has 0 bridgehead atoms. The number of nitrogens with zero attached hydrogens (tertiary/aromatic N) is 2. The number of thiocarbonyl (C=S) groups is 1. The van der Waals surface area contributed by atoms with Crippen LogP contribution >= 0.6 is 23.8 Å². The molecule has 0 radical (unpaired) electrons. The number of rotatable bonds is 9. The molecule has 1 aliphatic heterocycles. The van der Waals surface area contributed by atoms with Crippen molar-refractivity contribution in [2.45, 2.75) is 25.8 Å². The van der Waals surface area contributed by atoms with Crippen LogP contribution in [0.4, 0.5) is 11.4 Å². The van der Waals surface area contributed by atoms with E-state index in [9.17, 15) is 9.59 Å². The van der Waals surface area contributed by atoms with Crippen LogP contribution in [0.3, 0.4) is 0 Å². The molecule has 0 spiro atoms. The lowest BCUT2D eigenvalue weighted by Gasteiger charge is -2.22. The van der Waals surface area contributed by atoms with E-state index >= 15 is 0 Å². The molecule has 1 aliphatic rings. The molecule has 0 aliphatic carbocycles. The molecule has 1 unspecified atom stereocenters. The van der Waals surface area contributed by atoms with Crippen LogP contribution < -0.4 is 15.0 Å². The number of nitrogens with one attached hydrogen (secondary N) is 1. The third-order valence-corrected chi connectivity index (χ3v) is 5.39. The Labute approximate surface area is 192 Å². The second kappa shape index (κ2) is 10.4. The number of anilines is 2. The zero-order valence-electron chi connectivity index (χ0n) is 17.2. The molecule has 31 heavy (non-hydrogen) atoms. The first-order chi connectivity index (χ1) is 14.9. The lowest BCUT2D eigenvalue weighted by molar-refractivity contribution is -0.124. The Morgan fingerprint density at radius 2 is 1.90 bits per heavy atom. The number of carbonyl (C=O) groups excluding carboxylic acids is 2. The molecule has 1 N–H and O–H groups in total. The van der Waals surface area contributed by atoms with Crippen LogP contribution in [0.5, 0.6) is 5.75 Å².